The van der Waals surface area contributed by atoms with Gasteiger partial charge in [0.05, 0.1) is 12.2 Å². The van der Waals surface area contributed by atoms with Crippen LogP contribution in [0.2, 0.25) is 0 Å². The van der Waals surface area contributed by atoms with Crippen LogP contribution in [0.1, 0.15) is 45.4 Å². The smallest absolute Gasteiger partial charge is 0.293 e. The molecule has 25 heavy (non-hydrogen) atoms. The fraction of sp³-hybridized carbons (Fsp3) is 0.722. The summed E-state index contributed by atoms with van der Waals surface area (Å²) < 4.78 is 7.30. The molecule has 2 aliphatic rings. The van der Waals surface area contributed by atoms with Gasteiger partial charge in [-0.1, -0.05) is 0 Å². The van der Waals surface area contributed by atoms with E-state index in [-0.39, 0.29) is 23.6 Å². The van der Waals surface area contributed by atoms with Gasteiger partial charge in [0.25, 0.3) is 5.56 Å². The number of aromatic nitrogens is 2. The predicted octanol–water partition coefficient (Wildman–Crippen LogP) is 1.21. The zero-order chi connectivity index (χ0) is 17.8. The molecule has 0 aliphatic carbocycles. The molecule has 138 valence electrons. The summed E-state index contributed by atoms with van der Waals surface area (Å²) in [6, 6.07) is 0.0661. The molecule has 7 heteroatoms. The Kier molecular flexibility index (Phi) is 5.73. The van der Waals surface area contributed by atoms with E-state index in [1.165, 1.54) is 4.57 Å². The summed E-state index contributed by atoms with van der Waals surface area (Å²) in [5, 5.41) is 3.12. The highest BCUT2D eigenvalue weighted by Crippen LogP contribution is 2.22. The Morgan fingerprint density at radius 1 is 1.40 bits per heavy atom. The van der Waals surface area contributed by atoms with E-state index in [1.54, 1.807) is 19.4 Å². The molecule has 1 amide bonds. The Morgan fingerprint density at radius 2 is 2.24 bits per heavy atom. The van der Waals surface area contributed by atoms with Crippen molar-refractivity contribution in [3.63, 3.8) is 0 Å². The van der Waals surface area contributed by atoms with Gasteiger partial charge in [-0.3, -0.25) is 9.59 Å². The van der Waals surface area contributed by atoms with Crippen LogP contribution < -0.4 is 15.8 Å². The van der Waals surface area contributed by atoms with Crippen LogP contribution in [0.25, 0.3) is 0 Å². The SMILES string of the molecule is C[C@@H]1CC[C@H](CCC(=O)N[C@@H]2CCCN(c3nccn(C)c3=O)C2)O1. The lowest BCUT2D eigenvalue weighted by molar-refractivity contribution is -0.122. The minimum absolute atomic E-state index is 0.0661. The first kappa shape index (κ1) is 17.9. The summed E-state index contributed by atoms with van der Waals surface area (Å²) in [7, 11) is 1.72. The number of amides is 1. The van der Waals surface area contributed by atoms with Crippen molar-refractivity contribution < 1.29 is 9.53 Å². The molecule has 0 spiro atoms. The minimum atomic E-state index is -0.0954. The van der Waals surface area contributed by atoms with Gasteiger partial charge in [-0.15, -0.1) is 0 Å². The van der Waals surface area contributed by atoms with E-state index in [0.717, 1.165) is 38.6 Å². The monoisotopic (exact) mass is 348 g/mol. The highest BCUT2D eigenvalue weighted by atomic mass is 16.5. The number of hydrogen-bond acceptors (Lipinski definition) is 5. The summed E-state index contributed by atoms with van der Waals surface area (Å²) in [5.74, 6) is 0.543. The van der Waals surface area contributed by atoms with Gasteiger partial charge in [-0.2, -0.15) is 0 Å². The van der Waals surface area contributed by atoms with Crippen molar-refractivity contribution in [1.82, 2.24) is 14.9 Å². The van der Waals surface area contributed by atoms with Crippen molar-refractivity contribution in [2.75, 3.05) is 18.0 Å². The van der Waals surface area contributed by atoms with Gasteiger partial charge in [-0.25, -0.2) is 4.98 Å². The van der Waals surface area contributed by atoms with E-state index in [0.29, 0.717) is 24.9 Å². The molecule has 3 heterocycles. The Balaban J connectivity index is 1.50. The van der Waals surface area contributed by atoms with E-state index in [9.17, 15) is 9.59 Å². The number of anilines is 1. The zero-order valence-electron chi connectivity index (χ0n) is 15.1. The second kappa shape index (κ2) is 7.99. The number of aryl methyl sites for hydroxylation is 1. The Labute approximate surface area is 148 Å². The quantitative estimate of drug-likeness (QED) is 0.866. The third kappa shape index (κ3) is 4.60. The number of carbonyl (C=O) groups is 1. The molecule has 1 aromatic heterocycles. The molecule has 2 fully saturated rings. The van der Waals surface area contributed by atoms with Crippen molar-refractivity contribution in [3.8, 4) is 0 Å². The normalized spacial score (nSPS) is 26.6. The minimum Gasteiger partial charge on any atom is -0.375 e. The molecule has 0 bridgehead atoms. The molecule has 7 nitrogen and oxygen atoms in total. The molecule has 0 aromatic carbocycles. The number of nitrogens with zero attached hydrogens (tertiary/aromatic N) is 3. The number of rotatable bonds is 5. The Hall–Kier alpha value is -1.89. The fourth-order valence-electron chi connectivity index (χ4n) is 3.68. The fourth-order valence-corrected chi connectivity index (χ4v) is 3.68. The van der Waals surface area contributed by atoms with Crippen molar-refractivity contribution >= 4 is 11.7 Å². The van der Waals surface area contributed by atoms with Crippen LogP contribution in [-0.4, -0.2) is 46.8 Å². The number of ether oxygens (including phenoxy) is 1. The van der Waals surface area contributed by atoms with E-state index in [4.69, 9.17) is 4.74 Å². The summed E-state index contributed by atoms with van der Waals surface area (Å²) in [4.78, 5) is 30.7. The number of hydrogen-bond donors (Lipinski definition) is 1. The van der Waals surface area contributed by atoms with Gasteiger partial charge in [0, 0.05) is 45.0 Å². The first-order chi connectivity index (χ1) is 12.0. The molecule has 3 rings (SSSR count). The maximum absolute atomic E-state index is 12.2. The van der Waals surface area contributed by atoms with Crippen LogP contribution in [-0.2, 0) is 16.6 Å². The van der Waals surface area contributed by atoms with E-state index in [1.807, 2.05) is 4.90 Å². The summed E-state index contributed by atoms with van der Waals surface area (Å²) in [6.45, 7) is 3.51. The van der Waals surface area contributed by atoms with Gasteiger partial charge < -0.3 is 19.5 Å². The Bertz CT molecular complexity index is 660. The molecule has 2 saturated heterocycles. The van der Waals surface area contributed by atoms with Crippen molar-refractivity contribution in [3.05, 3.63) is 22.7 Å². The van der Waals surface area contributed by atoms with Crippen LogP contribution in [0.5, 0.6) is 0 Å². The van der Waals surface area contributed by atoms with Gasteiger partial charge >= 0.3 is 0 Å². The molecule has 0 unspecified atom stereocenters. The van der Waals surface area contributed by atoms with E-state index >= 15 is 0 Å². The molecular formula is C18H28N4O3. The zero-order valence-corrected chi connectivity index (χ0v) is 15.1. The molecule has 0 radical (unpaired) electrons. The highest BCUT2D eigenvalue weighted by molar-refractivity contribution is 5.76. The topological polar surface area (TPSA) is 76.5 Å². The Morgan fingerprint density at radius 3 is 3.00 bits per heavy atom. The second-order valence-electron chi connectivity index (χ2n) is 7.20. The largest absolute Gasteiger partial charge is 0.375 e. The number of piperidine rings is 1. The number of nitrogens with one attached hydrogen (secondary N) is 1. The standard InChI is InChI=1S/C18H28N4O3/c1-13-5-6-15(25-13)7-8-16(23)20-14-4-3-10-22(12-14)17-18(24)21(2)11-9-19-17/h9,11,13-15H,3-8,10,12H2,1-2H3,(H,20,23)/t13-,14-,15-/m1/s1. The summed E-state index contributed by atoms with van der Waals surface area (Å²) >= 11 is 0. The van der Waals surface area contributed by atoms with Gasteiger partial charge in [-0.05, 0) is 39.0 Å². The lowest BCUT2D eigenvalue weighted by atomic mass is 10.0. The molecule has 3 atom stereocenters. The van der Waals surface area contributed by atoms with Crippen molar-refractivity contribution in [1.29, 1.82) is 0 Å². The average Bonchev–Trinajstić information content (AvgIpc) is 3.01. The summed E-state index contributed by atoms with van der Waals surface area (Å²) in [6.07, 6.45) is 9.13. The van der Waals surface area contributed by atoms with E-state index in [2.05, 4.69) is 17.2 Å². The molecule has 1 N–H and O–H groups in total. The average molecular weight is 348 g/mol. The first-order valence-electron chi connectivity index (χ1n) is 9.24. The van der Waals surface area contributed by atoms with Crippen LogP contribution >= 0.6 is 0 Å². The highest BCUT2D eigenvalue weighted by Gasteiger charge is 2.26. The van der Waals surface area contributed by atoms with E-state index < -0.39 is 0 Å². The lowest BCUT2D eigenvalue weighted by Gasteiger charge is -2.33. The molecular weight excluding hydrogens is 320 g/mol. The van der Waals surface area contributed by atoms with Gasteiger partial charge in [0.15, 0.2) is 5.82 Å². The third-order valence-electron chi connectivity index (χ3n) is 5.10. The lowest BCUT2D eigenvalue weighted by Crippen LogP contribution is -2.49. The van der Waals surface area contributed by atoms with Crippen LogP contribution in [0.4, 0.5) is 5.82 Å². The summed E-state index contributed by atoms with van der Waals surface area (Å²) in [5.41, 5.74) is -0.0954. The van der Waals surface area contributed by atoms with Crippen LogP contribution in [0.15, 0.2) is 17.2 Å². The van der Waals surface area contributed by atoms with Crippen LogP contribution in [0, 0.1) is 0 Å². The van der Waals surface area contributed by atoms with Crippen molar-refractivity contribution in [2.45, 2.75) is 63.7 Å². The first-order valence-corrected chi connectivity index (χ1v) is 9.24. The van der Waals surface area contributed by atoms with Crippen molar-refractivity contribution in [2.24, 2.45) is 7.05 Å². The third-order valence-corrected chi connectivity index (χ3v) is 5.10. The van der Waals surface area contributed by atoms with Crippen LogP contribution in [0.3, 0.4) is 0 Å². The maximum atomic E-state index is 12.2. The molecule has 0 saturated carbocycles. The molecule has 1 aromatic rings. The van der Waals surface area contributed by atoms with Gasteiger partial charge in [0.2, 0.25) is 5.91 Å². The second-order valence-corrected chi connectivity index (χ2v) is 7.20. The number of carbonyl (C=O) groups excluding carboxylic acids is 1. The molecule has 2 aliphatic heterocycles. The maximum Gasteiger partial charge on any atom is 0.293 e. The van der Waals surface area contributed by atoms with Gasteiger partial charge in [0.1, 0.15) is 0 Å². The predicted molar refractivity (Wildman–Crippen MR) is 95.7 cm³/mol.